The Morgan fingerprint density at radius 3 is 2.22 bits per heavy atom. The Morgan fingerprint density at radius 2 is 1.56 bits per heavy atom. The molecule has 3 atom stereocenters. The molecule has 18 heavy (non-hydrogen) atoms. The van der Waals surface area contributed by atoms with Crippen LogP contribution >= 0.6 is 15.9 Å². The molecule has 0 aromatic carbocycles. The van der Waals surface area contributed by atoms with Crippen molar-refractivity contribution in [1.82, 2.24) is 0 Å². The molecular formula is C17H33Br. The molecular weight excluding hydrogens is 284 g/mol. The number of hydrogen-bond acceptors (Lipinski definition) is 0. The van der Waals surface area contributed by atoms with Gasteiger partial charge in [-0.1, -0.05) is 81.1 Å². The van der Waals surface area contributed by atoms with Gasteiger partial charge in [-0.2, -0.15) is 0 Å². The summed E-state index contributed by atoms with van der Waals surface area (Å²) in [7, 11) is 0. The molecule has 0 N–H and O–H groups in total. The van der Waals surface area contributed by atoms with Crippen molar-refractivity contribution in [3.05, 3.63) is 0 Å². The standard InChI is InChI=1S/C17H33Br/c1-3-5-6-7-8-9-10-11-16-14-15(4-2)12-13-17(16)18/h15-17H,3-14H2,1-2H3. The van der Waals surface area contributed by atoms with E-state index in [9.17, 15) is 0 Å². The smallest absolute Gasteiger partial charge is 0.0174 e. The molecule has 108 valence electrons. The third-order valence-corrected chi connectivity index (χ3v) is 5.96. The van der Waals surface area contributed by atoms with Gasteiger partial charge in [0.2, 0.25) is 0 Å². The summed E-state index contributed by atoms with van der Waals surface area (Å²) >= 11 is 3.91. The number of alkyl halides is 1. The van der Waals surface area contributed by atoms with Gasteiger partial charge in [0.15, 0.2) is 0 Å². The van der Waals surface area contributed by atoms with Gasteiger partial charge in [0.25, 0.3) is 0 Å². The van der Waals surface area contributed by atoms with E-state index in [0.717, 1.165) is 16.7 Å². The van der Waals surface area contributed by atoms with Crippen molar-refractivity contribution >= 4 is 15.9 Å². The van der Waals surface area contributed by atoms with Gasteiger partial charge in [-0.15, -0.1) is 0 Å². The van der Waals surface area contributed by atoms with E-state index in [1.807, 2.05) is 0 Å². The van der Waals surface area contributed by atoms with Crippen molar-refractivity contribution in [2.24, 2.45) is 11.8 Å². The van der Waals surface area contributed by atoms with E-state index in [4.69, 9.17) is 0 Å². The lowest BCUT2D eigenvalue weighted by Crippen LogP contribution is -2.24. The van der Waals surface area contributed by atoms with Gasteiger partial charge in [0.05, 0.1) is 0 Å². The van der Waals surface area contributed by atoms with Crippen LogP contribution in [0.1, 0.15) is 90.9 Å². The minimum absolute atomic E-state index is 0.820. The first kappa shape index (κ1) is 16.5. The second-order valence-electron chi connectivity index (χ2n) is 6.27. The van der Waals surface area contributed by atoms with Crippen LogP contribution in [-0.2, 0) is 0 Å². The van der Waals surface area contributed by atoms with E-state index in [0.29, 0.717) is 0 Å². The molecule has 0 aromatic heterocycles. The van der Waals surface area contributed by atoms with Gasteiger partial charge in [0, 0.05) is 4.83 Å². The van der Waals surface area contributed by atoms with Crippen LogP contribution in [0.5, 0.6) is 0 Å². The Kier molecular flexibility index (Phi) is 9.45. The fourth-order valence-corrected chi connectivity index (χ4v) is 4.10. The van der Waals surface area contributed by atoms with Crippen molar-refractivity contribution in [3.63, 3.8) is 0 Å². The van der Waals surface area contributed by atoms with Crippen LogP contribution in [0.4, 0.5) is 0 Å². The van der Waals surface area contributed by atoms with Crippen molar-refractivity contribution in [2.45, 2.75) is 95.7 Å². The summed E-state index contributed by atoms with van der Waals surface area (Å²) in [6, 6.07) is 0. The van der Waals surface area contributed by atoms with E-state index in [2.05, 4.69) is 29.8 Å². The van der Waals surface area contributed by atoms with Crippen LogP contribution in [0, 0.1) is 11.8 Å². The molecule has 0 amide bonds. The number of hydrogen-bond donors (Lipinski definition) is 0. The molecule has 0 radical (unpaired) electrons. The second-order valence-corrected chi connectivity index (χ2v) is 7.45. The predicted octanol–water partition coefficient (Wildman–Crippen LogP) is 6.72. The summed E-state index contributed by atoms with van der Waals surface area (Å²) in [5, 5.41) is 0. The maximum Gasteiger partial charge on any atom is 0.0174 e. The third-order valence-electron chi connectivity index (χ3n) is 4.75. The highest BCUT2D eigenvalue weighted by Gasteiger charge is 2.27. The van der Waals surface area contributed by atoms with Crippen LogP contribution in [-0.4, -0.2) is 4.83 Å². The van der Waals surface area contributed by atoms with Gasteiger partial charge >= 0.3 is 0 Å². The first-order valence-electron chi connectivity index (χ1n) is 8.42. The molecule has 0 saturated heterocycles. The number of rotatable bonds is 9. The minimum Gasteiger partial charge on any atom is -0.0888 e. The van der Waals surface area contributed by atoms with E-state index >= 15 is 0 Å². The summed E-state index contributed by atoms with van der Waals surface area (Å²) in [4.78, 5) is 0.820. The molecule has 1 fully saturated rings. The first-order chi connectivity index (χ1) is 8.77. The van der Waals surface area contributed by atoms with Crippen LogP contribution < -0.4 is 0 Å². The monoisotopic (exact) mass is 316 g/mol. The molecule has 3 unspecified atom stereocenters. The zero-order valence-electron chi connectivity index (χ0n) is 12.6. The quantitative estimate of drug-likeness (QED) is 0.327. The Hall–Kier alpha value is 0.480. The fraction of sp³-hybridized carbons (Fsp3) is 1.00. The SMILES string of the molecule is CCCCCCCCCC1CC(CC)CCC1Br. The van der Waals surface area contributed by atoms with Gasteiger partial charge in [-0.05, 0) is 37.5 Å². The Balaban J connectivity index is 2.03. The number of unbranched alkanes of at least 4 members (excludes halogenated alkanes) is 6. The van der Waals surface area contributed by atoms with Crippen molar-refractivity contribution in [3.8, 4) is 0 Å². The lowest BCUT2D eigenvalue weighted by molar-refractivity contribution is 0.255. The van der Waals surface area contributed by atoms with Crippen molar-refractivity contribution in [2.75, 3.05) is 0 Å². The molecule has 1 heteroatoms. The molecule has 0 nitrogen and oxygen atoms in total. The van der Waals surface area contributed by atoms with Crippen molar-refractivity contribution < 1.29 is 0 Å². The molecule has 0 heterocycles. The molecule has 1 aliphatic carbocycles. The molecule has 0 aliphatic heterocycles. The van der Waals surface area contributed by atoms with Crippen LogP contribution in [0.2, 0.25) is 0 Å². The summed E-state index contributed by atoms with van der Waals surface area (Å²) in [5.41, 5.74) is 0. The molecule has 0 spiro atoms. The molecule has 1 aliphatic rings. The highest BCUT2D eigenvalue weighted by Crippen LogP contribution is 2.37. The lowest BCUT2D eigenvalue weighted by atomic mass is 9.78. The summed E-state index contributed by atoms with van der Waals surface area (Å²) in [6.07, 6.45) is 17.4. The first-order valence-corrected chi connectivity index (χ1v) is 9.33. The highest BCUT2D eigenvalue weighted by atomic mass is 79.9. The second kappa shape index (κ2) is 10.3. The summed E-state index contributed by atoms with van der Waals surface area (Å²) < 4.78 is 0. The van der Waals surface area contributed by atoms with E-state index in [-0.39, 0.29) is 0 Å². The highest BCUT2D eigenvalue weighted by molar-refractivity contribution is 9.09. The zero-order chi connectivity index (χ0) is 13.2. The van der Waals surface area contributed by atoms with Crippen LogP contribution in [0.25, 0.3) is 0 Å². The predicted molar refractivity (Wildman–Crippen MR) is 86.4 cm³/mol. The zero-order valence-corrected chi connectivity index (χ0v) is 14.2. The average molecular weight is 317 g/mol. The molecule has 0 aromatic rings. The molecule has 1 saturated carbocycles. The van der Waals surface area contributed by atoms with Crippen LogP contribution in [0.3, 0.4) is 0 Å². The summed E-state index contributed by atoms with van der Waals surface area (Å²) in [5.74, 6) is 1.99. The van der Waals surface area contributed by atoms with Gasteiger partial charge in [-0.3, -0.25) is 0 Å². The van der Waals surface area contributed by atoms with Crippen molar-refractivity contribution in [1.29, 1.82) is 0 Å². The van der Waals surface area contributed by atoms with E-state index < -0.39 is 0 Å². The molecule has 0 bridgehead atoms. The van der Waals surface area contributed by atoms with Gasteiger partial charge in [-0.25, -0.2) is 0 Å². The normalized spacial score (nSPS) is 28.5. The average Bonchev–Trinajstić information content (AvgIpc) is 2.39. The largest absolute Gasteiger partial charge is 0.0888 e. The van der Waals surface area contributed by atoms with Gasteiger partial charge in [0.1, 0.15) is 0 Å². The van der Waals surface area contributed by atoms with Gasteiger partial charge < -0.3 is 0 Å². The fourth-order valence-electron chi connectivity index (χ4n) is 3.36. The van der Waals surface area contributed by atoms with E-state index in [1.165, 1.54) is 77.0 Å². The lowest BCUT2D eigenvalue weighted by Gasteiger charge is -2.33. The Labute approximate surface area is 123 Å². The Bertz CT molecular complexity index is 190. The molecule has 1 rings (SSSR count). The maximum atomic E-state index is 3.91. The topological polar surface area (TPSA) is 0 Å². The minimum atomic E-state index is 0.820. The van der Waals surface area contributed by atoms with Crippen LogP contribution in [0.15, 0.2) is 0 Å². The number of halogens is 1. The third kappa shape index (κ3) is 6.59. The maximum absolute atomic E-state index is 3.91. The van der Waals surface area contributed by atoms with E-state index in [1.54, 1.807) is 0 Å². The summed E-state index contributed by atoms with van der Waals surface area (Å²) in [6.45, 7) is 4.66. The Morgan fingerprint density at radius 1 is 0.889 bits per heavy atom.